The summed E-state index contributed by atoms with van der Waals surface area (Å²) in [6, 6.07) is 14.7. The Morgan fingerprint density at radius 2 is 1.69 bits per heavy atom. The molecule has 0 atom stereocenters. The second-order valence-corrected chi connectivity index (χ2v) is 4.31. The number of hydrogen-bond donors (Lipinski definition) is 0. The van der Waals surface area contributed by atoms with Crippen LogP contribution in [0.1, 0.15) is 0 Å². The summed E-state index contributed by atoms with van der Waals surface area (Å²) in [5.74, 6) is 0. The molecule has 0 saturated carbocycles. The molecule has 3 nitrogen and oxygen atoms in total. The summed E-state index contributed by atoms with van der Waals surface area (Å²) in [6.45, 7) is 0. The molecule has 0 aromatic heterocycles. The number of benzene rings is 2. The molecule has 16 heavy (non-hydrogen) atoms. The molecule has 80 valence electrons. The van der Waals surface area contributed by atoms with Crippen LogP contribution in [0, 0.1) is 10.1 Å². The molecule has 2 rings (SSSR count). The van der Waals surface area contributed by atoms with Crippen molar-refractivity contribution in [1.82, 2.24) is 0 Å². The minimum absolute atomic E-state index is 0.161. The molecule has 2 aromatic carbocycles. The molecule has 0 unspecified atom stereocenters. The quantitative estimate of drug-likeness (QED) is 0.477. The van der Waals surface area contributed by atoms with Crippen molar-refractivity contribution in [2.75, 3.05) is 0 Å². The molecule has 4 heteroatoms. The third-order valence-corrected chi connectivity index (χ3v) is 3.04. The number of rotatable bonds is 2. The number of nitro groups is 1. The van der Waals surface area contributed by atoms with Gasteiger partial charge in [-0.3, -0.25) is 0 Å². The molecule has 0 spiro atoms. The van der Waals surface area contributed by atoms with Crippen LogP contribution in [0.2, 0.25) is 0 Å². The summed E-state index contributed by atoms with van der Waals surface area (Å²) in [4.78, 5) is 10.7. The van der Waals surface area contributed by atoms with Crippen molar-refractivity contribution in [3.63, 3.8) is 0 Å². The van der Waals surface area contributed by atoms with E-state index in [-0.39, 0.29) is 10.6 Å². The molecule has 0 N–H and O–H groups in total. The Morgan fingerprint density at radius 1 is 1.00 bits per heavy atom. The van der Waals surface area contributed by atoms with Crippen LogP contribution in [0.25, 0.3) is 11.1 Å². The molecule has 0 aliphatic heterocycles. The standard InChI is InChI=1S/C12H9NO2Se/c14-13(15)12-10(7-4-8-11(12)16)9-5-2-1-3-6-9/h1-8,16H. The molecule has 0 bridgehead atoms. The van der Waals surface area contributed by atoms with Crippen LogP contribution >= 0.6 is 0 Å². The van der Waals surface area contributed by atoms with Crippen LogP contribution in [-0.4, -0.2) is 20.9 Å². The van der Waals surface area contributed by atoms with E-state index < -0.39 is 0 Å². The van der Waals surface area contributed by atoms with E-state index in [1.54, 1.807) is 12.1 Å². The first-order chi connectivity index (χ1) is 7.70. The van der Waals surface area contributed by atoms with Crippen molar-refractivity contribution in [1.29, 1.82) is 0 Å². The van der Waals surface area contributed by atoms with Gasteiger partial charge in [0.15, 0.2) is 0 Å². The first kappa shape index (κ1) is 10.9. The van der Waals surface area contributed by atoms with E-state index in [4.69, 9.17) is 0 Å². The van der Waals surface area contributed by atoms with Crippen LogP contribution in [-0.2, 0) is 0 Å². The van der Waals surface area contributed by atoms with Gasteiger partial charge in [0.05, 0.1) is 0 Å². The Kier molecular flexibility index (Phi) is 3.04. The van der Waals surface area contributed by atoms with Crippen molar-refractivity contribution in [2.24, 2.45) is 0 Å². The van der Waals surface area contributed by atoms with Gasteiger partial charge in [-0.05, 0) is 0 Å². The van der Waals surface area contributed by atoms with Gasteiger partial charge in [0.1, 0.15) is 0 Å². The Labute approximate surface area is 101 Å². The van der Waals surface area contributed by atoms with Crippen LogP contribution in [0.4, 0.5) is 5.69 Å². The topological polar surface area (TPSA) is 43.1 Å². The van der Waals surface area contributed by atoms with Gasteiger partial charge in [0.25, 0.3) is 0 Å². The van der Waals surface area contributed by atoms with Crippen LogP contribution in [0.15, 0.2) is 48.5 Å². The van der Waals surface area contributed by atoms with Crippen molar-refractivity contribution in [3.05, 3.63) is 58.6 Å². The monoisotopic (exact) mass is 279 g/mol. The summed E-state index contributed by atoms with van der Waals surface area (Å²) >= 11 is 2.24. The molecule has 0 aliphatic carbocycles. The summed E-state index contributed by atoms with van der Waals surface area (Å²) in [5, 5.41) is 11.0. The predicted molar refractivity (Wildman–Crippen MR) is 65.3 cm³/mol. The molecule has 0 saturated heterocycles. The first-order valence-corrected chi connectivity index (χ1v) is 5.66. The molecule has 0 fully saturated rings. The molecule has 0 radical (unpaired) electrons. The molecule has 0 heterocycles. The van der Waals surface area contributed by atoms with E-state index in [2.05, 4.69) is 16.0 Å². The van der Waals surface area contributed by atoms with Gasteiger partial charge in [0, 0.05) is 0 Å². The number of nitro benzene ring substituents is 1. The second kappa shape index (κ2) is 4.47. The average molecular weight is 278 g/mol. The van der Waals surface area contributed by atoms with Gasteiger partial charge >= 0.3 is 101 Å². The maximum absolute atomic E-state index is 11.0. The minimum atomic E-state index is -0.337. The maximum atomic E-state index is 11.0. The third kappa shape index (κ3) is 1.98. The normalized spacial score (nSPS) is 10.1. The first-order valence-electron chi connectivity index (χ1n) is 4.72. The SMILES string of the molecule is O=[N+]([O-])c1c([SeH])cccc1-c1ccccc1. The summed E-state index contributed by atoms with van der Waals surface area (Å²) in [5.41, 5.74) is 1.68. The zero-order chi connectivity index (χ0) is 11.5. The molecular formula is C12H9NO2Se. The van der Waals surface area contributed by atoms with Crippen molar-refractivity contribution in [2.45, 2.75) is 0 Å². The van der Waals surface area contributed by atoms with Crippen LogP contribution in [0.5, 0.6) is 0 Å². The Balaban J connectivity index is 2.66. The van der Waals surface area contributed by atoms with E-state index >= 15 is 0 Å². The van der Waals surface area contributed by atoms with Gasteiger partial charge < -0.3 is 0 Å². The Bertz CT molecular complexity index is 526. The number of para-hydroxylation sites is 1. The predicted octanol–water partition coefficient (Wildman–Crippen LogP) is 1.79. The average Bonchev–Trinajstić information content (AvgIpc) is 2.29. The fourth-order valence-electron chi connectivity index (χ4n) is 1.57. The van der Waals surface area contributed by atoms with E-state index in [9.17, 15) is 10.1 Å². The van der Waals surface area contributed by atoms with Crippen molar-refractivity contribution >= 4 is 26.2 Å². The molecule has 0 aliphatic rings. The fraction of sp³-hybridized carbons (Fsp3) is 0. The molecule has 0 amide bonds. The van der Waals surface area contributed by atoms with Gasteiger partial charge in [-0.25, -0.2) is 0 Å². The van der Waals surface area contributed by atoms with Crippen LogP contribution < -0.4 is 4.46 Å². The van der Waals surface area contributed by atoms with E-state index in [0.717, 1.165) is 5.56 Å². The van der Waals surface area contributed by atoms with E-state index in [1.165, 1.54) is 0 Å². The second-order valence-electron chi connectivity index (χ2n) is 3.30. The number of hydrogen-bond acceptors (Lipinski definition) is 2. The Hall–Kier alpha value is -1.64. The van der Waals surface area contributed by atoms with Gasteiger partial charge in [-0.1, -0.05) is 0 Å². The van der Waals surface area contributed by atoms with Gasteiger partial charge in [0.2, 0.25) is 0 Å². The van der Waals surface area contributed by atoms with E-state index in [0.29, 0.717) is 10.0 Å². The Morgan fingerprint density at radius 3 is 2.31 bits per heavy atom. The van der Waals surface area contributed by atoms with Crippen molar-refractivity contribution in [3.8, 4) is 11.1 Å². The molecule has 2 aromatic rings. The van der Waals surface area contributed by atoms with Crippen molar-refractivity contribution < 1.29 is 4.92 Å². The fourth-order valence-corrected chi connectivity index (χ4v) is 2.18. The van der Waals surface area contributed by atoms with Crippen LogP contribution in [0.3, 0.4) is 0 Å². The summed E-state index contributed by atoms with van der Waals surface area (Å²) in [6.07, 6.45) is 0. The summed E-state index contributed by atoms with van der Waals surface area (Å²) in [7, 11) is 0. The third-order valence-electron chi connectivity index (χ3n) is 2.28. The zero-order valence-electron chi connectivity index (χ0n) is 8.33. The summed E-state index contributed by atoms with van der Waals surface area (Å²) < 4.78 is 0.624. The van der Waals surface area contributed by atoms with Gasteiger partial charge in [-0.15, -0.1) is 0 Å². The number of nitrogens with zero attached hydrogens (tertiary/aromatic N) is 1. The van der Waals surface area contributed by atoms with E-state index in [1.807, 2.05) is 36.4 Å². The molecular weight excluding hydrogens is 269 g/mol. The van der Waals surface area contributed by atoms with Gasteiger partial charge in [-0.2, -0.15) is 0 Å². The zero-order valence-corrected chi connectivity index (χ0v) is 10.2.